The Balaban J connectivity index is 2.19. The van der Waals surface area contributed by atoms with Gasteiger partial charge in [0.05, 0.1) is 8.07 Å². The Morgan fingerprint density at radius 3 is 1.43 bits per heavy atom. The van der Waals surface area contributed by atoms with Gasteiger partial charge in [-0.25, -0.2) is 4.76 Å². The zero-order valence-electron chi connectivity index (χ0n) is 17.2. The van der Waals surface area contributed by atoms with Gasteiger partial charge in [-0.1, -0.05) is 91.0 Å². The third kappa shape index (κ3) is 4.88. The normalized spacial score (nSPS) is 12.0. The Labute approximate surface area is 170 Å². The van der Waals surface area contributed by atoms with Crippen LogP contribution in [0.3, 0.4) is 0 Å². The van der Waals surface area contributed by atoms with Crippen molar-refractivity contribution in [2.45, 2.75) is 39.8 Å². The van der Waals surface area contributed by atoms with E-state index in [0.29, 0.717) is 12.1 Å². The van der Waals surface area contributed by atoms with E-state index >= 15 is 0 Å². The second-order valence-corrected chi connectivity index (χ2v) is 9.22. The van der Waals surface area contributed by atoms with Crippen LogP contribution >= 0.6 is 8.07 Å². The van der Waals surface area contributed by atoms with Gasteiger partial charge in [0.25, 0.3) is 0 Å². The molecule has 2 nitrogen and oxygen atoms in total. The van der Waals surface area contributed by atoms with Gasteiger partial charge in [-0.2, -0.15) is 0 Å². The van der Waals surface area contributed by atoms with Gasteiger partial charge < -0.3 is 4.90 Å². The second kappa shape index (κ2) is 9.66. The van der Waals surface area contributed by atoms with Crippen molar-refractivity contribution in [1.82, 2.24) is 4.90 Å². The first-order valence-electron chi connectivity index (χ1n) is 9.90. The molecule has 0 aliphatic heterocycles. The summed E-state index contributed by atoms with van der Waals surface area (Å²) in [6.45, 7) is 8.97. The molecule has 0 spiro atoms. The highest BCUT2D eigenvalue weighted by Gasteiger charge is 2.23. The molecule has 0 atom stereocenters. The molecule has 144 valence electrons. The summed E-state index contributed by atoms with van der Waals surface area (Å²) in [5.74, 6) is 1.07. The minimum Gasteiger partial charge on any atom is -0.351 e. The molecule has 0 radical (unpaired) electrons. The van der Waals surface area contributed by atoms with Crippen LogP contribution in [0, 0.1) is 0 Å². The largest absolute Gasteiger partial charge is 0.351 e. The zero-order valence-corrected chi connectivity index (χ0v) is 18.1. The van der Waals surface area contributed by atoms with E-state index in [1.807, 2.05) is 0 Å². The molecule has 0 fully saturated rings. The lowest BCUT2D eigenvalue weighted by molar-refractivity contribution is 0.293. The highest BCUT2D eigenvalue weighted by Crippen LogP contribution is 2.37. The smallest absolute Gasteiger partial charge is 0.136 e. The highest BCUT2D eigenvalue weighted by molar-refractivity contribution is 7.72. The van der Waals surface area contributed by atoms with Crippen LogP contribution in [0.1, 0.15) is 33.3 Å². The van der Waals surface area contributed by atoms with Crippen molar-refractivity contribution in [1.29, 1.82) is 0 Å². The van der Waals surface area contributed by atoms with Gasteiger partial charge in [-0.15, -0.1) is 0 Å². The Bertz CT molecular complexity index is 827. The number of rotatable bonds is 6. The lowest BCUT2D eigenvalue weighted by Gasteiger charge is -2.35. The SMILES string of the molecule is CC(C)N(/C(=N/P(c1ccccc1)c1ccccc1)c1ccccc1)C(C)C. The van der Waals surface area contributed by atoms with Crippen LogP contribution < -0.4 is 10.6 Å². The van der Waals surface area contributed by atoms with Crippen LogP contribution in [0.5, 0.6) is 0 Å². The van der Waals surface area contributed by atoms with E-state index < -0.39 is 8.07 Å². The molecule has 0 saturated heterocycles. The van der Waals surface area contributed by atoms with Crippen molar-refractivity contribution in [2.75, 3.05) is 0 Å². The molecule has 0 saturated carbocycles. The number of nitrogens with zero attached hydrogens (tertiary/aromatic N) is 2. The lowest BCUT2D eigenvalue weighted by atomic mass is 10.1. The average Bonchev–Trinajstić information content (AvgIpc) is 2.72. The summed E-state index contributed by atoms with van der Waals surface area (Å²) in [6.07, 6.45) is 0. The standard InChI is InChI=1S/C25H29N2P/c1-20(2)27(21(3)4)25(22-14-8-5-9-15-22)26-28(23-16-10-6-11-17-23)24-18-12-7-13-19-24/h5-21H,1-4H3/b26-25+. The molecule has 3 aromatic rings. The van der Waals surface area contributed by atoms with Crippen LogP contribution in [0.15, 0.2) is 95.8 Å². The molecule has 0 N–H and O–H groups in total. The van der Waals surface area contributed by atoms with Crippen LogP contribution in [-0.2, 0) is 0 Å². The van der Waals surface area contributed by atoms with E-state index in [1.54, 1.807) is 0 Å². The summed E-state index contributed by atoms with van der Waals surface area (Å²) in [5, 5.41) is 2.54. The number of benzene rings is 3. The third-order valence-corrected chi connectivity index (χ3v) is 6.55. The fourth-order valence-electron chi connectivity index (χ4n) is 3.43. The zero-order chi connectivity index (χ0) is 19.9. The van der Waals surface area contributed by atoms with Gasteiger partial charge in [0.15, 0.2) is 0 Å². The van der Waals surface area contributed by atoms with Crippen molar-refractivity contribution in [2.24, 2.45) is 4.76 Å². The Kier molecular flexibility index (Phi) is 7.01. The summed E-state index contributed by atoms with van der Waals surface area (Å²) in [6, 6.07) is 32.6. The fourth-order valence-corrected chi connectivity index (χ4v) is 5.28. The molecular formula is C25H29N2P. The van der Waals surface area contributed by atoms with Gasteiger partial charge in [-0.05, 0) is 27.7 Å². The summed E-state index contributed by atoms with van der Waals surface area (Å²) >= 11 is 0. The Morgan fingerprint density at radius 2 is 1.04 bits per heavy atom. The molecule has 0 aliphatic carbocycles. The van der Waals surface area contributed by atoms with Crippen molar-refractivity contribution in [3.05, 3.63) is 96.6 Å². The molecule has 0 aliphatic rings. The van der Waals surface area contributed by atoms with Gasteiger partial charge in [-0.3, -0.25) is 0 Å². The summed E-state index contributed by atoms with van der Waals surface area (Å²) in [5.41, 5.74) is 1.17. The topological polar surface area (TPSA) is 15.6 Å². The summed E-state index contributed by atoms with van der Waals surface area (Å²) in [4.78, 5) is 2.43. The maximum absolute atomic E-state index is 5.44. The van der Waals surface area contributed by atoms with E-state index in [9.17, 15) is 0 Å². The summed E-state index contributed by atoms with van der Waals surface area (Å²) < 4.78 is 5.44. The van der Waals surface area contributed by atoms with E-state index in [0.717, 1.165) is 5.84 Å². The minimum atomic E-state index is -0.850. The van der Waals surface area contributed by atoms with E-state index in [4.69, 9.17) is 4.76 Å². The molecule has 0 bridgehead atoms. The van der Waals surface area contributed by atoms with E-state index in [2.05, 4.69) is 124 Å². The molecule has 0 heterocycles. The summed E-state index contributed by atoms with van der Waals surface area (Å²) in [7, 11) is -0.850. The number of hydrogen-bond donors (Lipinski definition) is 0. The van der Waals surface area contributed by atoms with Gasteiger partial charge in [0, 0.05) is 28.3 Å². The quantitative estimate of drug-likeness (QED) is 0.305. The van der Waals surface area contributed by atoms with Crippen molar-refractivity contribution >= 4 is 24.5 Å². The van der Waals surface area contributed by atoms with Crippen LogP contribution in [0.2, 0.25) is 0 Å². The molecule has 3 rings (SSSR count). The number of hydrogen-bond acceptors (Lipinski definition) is 1. The second-order valence-electron chi connectivity index (χ2n) is 7.37. The molecular weight excluding hydrogens is 359 g/mol. The van der Waals surface area contributed by atoms with E-state index in [1.165, 1.54) is 16.2 Å². The first kappa shape index (κ1) is 20.3. The van der Waals surface area contributed by atoms with Crippen molar-refractivity contribution in [3.63, 3.8) is 0 Å². The number of amidine groups is 1. The van der Waals surface area contributed by atoms with E-state index in [-0.39, 0.29) is 0 Å². The van der Waals surface area contributed by atoms with Crippen LogP contribution in [0.25, 0.3) is 0 Å². The molecule has 0 unspecified atom stereocenters. The maximum Gasteiger partial charge on any atom is 0.136 e. The third-order valence-electron chi connectivity index (χ3n) is 4.59. The average molecular weight is 388 g/mol. The molecule has 3 heteroatoms. The Hall–Kier alpha value is -2.44. The van der Waals surface area contributed by atoms with Crippen LogP contribution in [-0.4, -0.2) is 22.8 Å². The molecule has 3 aromatic carbocycles. The van der Waals surface area contributed by atoms with Crippen molar-refractivity contribution < 1.29 is 0 Å². The maximum atomic E-state index is 5.44. The predicted molar refractivity (Wildman–Crippen MR) is 124 cm³/mol. The molecule has 0 amide bonds. The first-order chi connectivity index (χ1) is 13.6. The lowest BCUT2D eigenvalue weighted by Crippen LogP contribution is -2.42. The Morgan fingerprint density at radius 1 is 0.643 bits per heavy atom. The first-order valence-corrected chi connectivity index (χ1v) is 11.2. The highest BCUT2D eigenvalue weighted by atomic mass is 31.1. The predicted octanol–water partition coefficient (Wildman–Crippen LogP) is 5.60. The minimum absolute atomic E-state index is 0.363. The van der Waals surface area contributed by atoms with Crippen LogP contribution in [0.4, 0.5) is 0 Å². The fraction of sp³-hybridized carbons (Fsp3) is 0.240. The molecule has 28 heavy (non-hydrogen) atoms. The van der Waals surface area contributed by atoms with Gasteiger partial charge in [0.1, 0.15) is 5.84 Å². The molecule has 0 aromatic heterocycles. The van der Waals surface area contributed by atoms with Gasteiger partial charge in [0.2, 0.25) is 0 Å². The van der Waals surface area contributed by atoms with Crippen molar-refractivity contribution in [3.8, 4) is 0 Å². The van der Waals surface area contributed by atoms with Gasteiger partial charge >= 0.3 is 0 Å². The monoisotopic (exact) mass is 388 g/mol.